The molecule has 0 aliphatic rings. The molecular formula is C10H9BrN2OS. The van der Waals surface area contributed by atoms with Gasteiger partial charge in [0.2, 0.25) is 5.88 Å². The first kappa shape index (κ1) is 10.6. The summed E-state index contributed by atoms with van der Waals surface area (Å²) in [5.74, 6) is 0.518. The molecule has 0 N–H and O–H groups in total. The monoisotopic (exact) mass is 284 g/mol. The summed E-state index contributed by atoms with van der Waals surface area (Å²) in [7, 11) is 1.58. The molecule has 3 nitrogen and oxygen atoms in total. The van der Waals surface area contributed by atoms with Crippen LogP contribution in [0.4, 0.5) is 0 Å². The summed E-state index contributed by atoms with van der Waals surface area (Å²) in [5, 5.41) is 10.1. The maximum absolute atomic E-state index is 5.02. The molecule has 0 saturated carbocycles. The molecule has 0 fully saturated rings. The van der Waals surface area contributed by atoms with E-state index in [-0.39, 0.29) is 0 Å². The predicted octanol–water partition coefficient (Wildman–Crippen LogP) is 2.90. The molecule has 0 aliphatic carbocycles. The normalized spacial score (nSPS) is 10.3. The lowest BCUT2D eigenvalue weighted by atomic mass is 10.2. The number of thiophene rings is 1. The maximum atomic E-state index is 5.02. The Morgan fingerprint density at radius 1 is 1.47 bits per heavy atom. The maximum Gasteiger partial charge on any atom is 0.247 e. The van der Waals surface area contributed by atoms with Gasteiger partial charge in [-0.25, -0.2) is 0 Å². The third-order valence-electron chi connectivity index (χ3n) is 1.90. The first-order chi connectivity index (χ1) is 7.29. The number of ether oxygens (including phenoxy) is 1. The lowest BCUT2D eigenvalue weighted by molar-refractivity contribution is 0.388. The van der Waals surface area contributed by atoms with E-state index in [1.165, 1.54) is 4.88 Å². The minimum absolute atomic E-state index is 0.518. The molecule has 0 aliphatic heterocycles. The van der Waals surface area contributed by atoms with Crippen LogP contribution in [0.5, 0.6) is 5.88 Å². The van der Waals surface area contributed by atoms with Gasteiger partial charge in [-0.15, -0.1) is 16.4 Å². The van der Waals surface area contributed by atoms with Crippen molar-refractivity contribution in [1.82, 2.24) is 10.2 Å². The van der Waals surface area contributed by atoms with Gasteiger partial charge in [0.15, 0.2) is 0 Å². The van der Waals surface area contributed by atoms with Crippen LogP contribution in [-0.2, 0) is 6.42 Å². The van der Waals surface area contributed by atoms with Gasteiger partial charge in [-0.1, -0.05) is 6.07 Å². The van der Waals surface area contributed by atoms with E-state index in [0.29, 0.717) is 5.88 Å². The van der Waals surface area contributed by atoms with Crippen molar-refractivity contribution in [3.05, 3.63) is 38.6 Å². The molecule has 5 heteroatoms. The standard InChI is InChI=1S/C10H9BrN2OS/c1-14-10-9(11)6-7(12-13-10)5-8-3-2-4-15-8/h2-4,6H,5H2,1H3. The van der Waals surface area contributed by atoms with E-state index in [4.69, 9.17) is 4.74 Å². The van der Waals surface area contributed by atoms with Crippen molar-refractivity contribution in [2.45, 2.75) is 6.42 Å². The van der Waals surface area contributed by atoms with Crippen LogP contribution in [0, 0.1) is 0 Å². The number of methoxy groups -OCH3 is 1. The van der Waals surface area contributed by atoms with E-state index in [1.54, 1.807) is 18.4 Å². The van der Waals surface area contributed by atoms with Crippen molar-refractivity contribution in [2.75, 3.05) is 7.11 Å². The Bertz CT molecular complexity index is 445. The first-order valence-electron chi connectivity index (χ1n) is 4.38. The van der Waals surface area contributed by atoms with Crippen molar-refractivity contribution in [1.29, 1.82) is 0 Å². The van der Waals surface area contributed by atoms with E-state index in [0.717, 1.165) is 16.6 Å². The number of halogens is 1. The first-order valence-corrected chi connectivity index (χ1v) is 6.05. The molecule has 0 spiro atoms. The second-order valence-electron chi connectivity index (χ2n) is 2.95. The van der Waals surface area contributed by atoms with Gasteiger partial charge in [0.25, 0.3) is 0 Å². The van der Waals surface area contributed by atoms with Gasteiger partial charge in [0.05, 0.1) is 17.3 Å². The quantitative estimate of drug-likeness (QED) is 0.869. The topological polar surface area (TPSA) is 35.0 Å². The van der Waals surface area contributed by atoms with Crippen LogP contribution in [-0.4, -0.2) is 17.3 Å². The van der Waals surface area contributed by atoms with E-state index in [1.807, 2.05) is 12.1 Å². The molecule has 0 saturated heterocycles. The summed E-state index contributed by atoms with van der Waals surface area (Å²) >= 11 is 5.11. The van der Waals surface area contributed by atoms with Crippen LogP contribution in [0.15, 0.2) is 28.1 Å². The second kappa shape index (κ2) is 4.72. The van der Waals surface area contributed by atoms with Crippen LogP contribution in [0.1, 0.15) is 10.6 Å². The highest BCUT2D eigenvalue weighted by molar-refractivity contribution is 9.10. The minimum Gasteiger partial charge on any atom is -0.479 e. The van der Waals surface area contributed by atoms with Gasteiger partial charge in [-0.3, -0.25) is 0 Å². The zero-order valence-corrected chi connectivity index (χ0v) is 10.5. The lowest BCUT2D eigenvalue weighted by Crippen LogP contribution is -1.97. The Balaban J connectivity index is 2.20. The van der Waals surface area contributed by atoms with Crippen LogP contribution in [0.2, 0.25) is 0 Å². The van der Waals surface area contributed by atoms with Crippen molar-refractivity contribution in [2.24, 2.45) is 0 Å². The number of nitrogens with zero attached hydrogens (tertiary/aromatic N) is 2. The van der Waals surface area contributed by atoms with Crippen molar-refractivity contribution in [3.63, 3.8) is 0 Å². The Morgan fingerprint density at radius 3 is 2.93 bits per heavy atom. The fraction of sp³-hybridized carbons (Fsp3) is 0.200. The molecule has 0 bridgehead atoms. The molecular weight excluding hydrogens is 276 g/mol. The van der Waals surface area contributed by atoms with Gasteiger partial charge in [-0.2, -0.15) is 5.10 Å². The summed E-state index contributed by atoms with van der Waals surface area (Å²) in [4.78, 5) is 1.28. The van der Waals surface area contributed by atoms with Gasteiger partial charge >= 0.3 is 0 Å². The highest BCUT2D eigenvalue weighted by Gasteiger charge is 2.05. The van der Waals surface area contributed by atoms with Gasteiger partial charge in [0, 0.05) is 11.3 Å². The Kier molecular flexibility index (Phi) is 3.33. The van der Waals surface area contributed by atoms with E-state index < -0.39 is 0 Å². The lowest BCUT2D eigenvalue weighted by Gasteiger charge is -2.02. The molecule has 2 rings (SSSR count). The number of aromatic nitrogens is 2. The van der Waals surface area contributed by atoms with Crippen LogP contribution < -0.4 is 4.74 Å². The Hall–Kier alpha value is -0.940. The SMILES string of the molecule is COc1nnc(Cc2cccs2)cc1Br. The van der Waals surface area contributed by atoms with E-state index in [2.05, 4.69) is 37.6 Å². The van der Waals surface area contributed by atoms with E-state index in [9.17, 15) is 0 Å². The number of hydrogen-bond acceptors (Lipinski definition) is 4. The summed E-state index contributed by atoms with van der Waals surface area (Å²) in [6, 6.07) is 6.06. The van der Waals surface area contributed by atoms with Gasteiger partial charge in [-0.05, 0) is 33.4 Å². The zero-order chi connectivity index (χ0) is 10.7. The average molecular weight is 285 g/mol. The fourth-order valence-corrected chi connectivity index (χ4v) is 2.44. The smallest absolute Gasteiger partial charge is 0.247 e. The number of rotatable bonds is 3. The highest BCUT2D eigenvalue weighted by atomic mass is 79.9. The largest absolute Gasteiger partial charge is 0.479 e. The summed E-state index contributed by atoms with van der Waals surface area (Å²) in [6.07, 6.45) is 0.813. The minimum atomic E-state index is 0.518. The van der Waals surface area contributed by atoms with Crippen LogP contribution in [0.25, 0.3) is 0 Å². The summed E-state index contributed by atoms with van der Waals surface area (Å²) < 4.78 is 5.86. The molecule has 15 heavy (non-hydrogen) atoms. The van der Waals surface area contributed by atoms with Gasteiger partial charge in [0.1, 0.15) is 0 Å². The second-order valence-corrected chi connectivity index (χ2v) is 4.84. The Labute approximate surface area is 100 Å². The predicted molar refractivity (Wildman–Crippen MR) is 63.4 cm³/mol. The number of hydrogen-bond donors (Lipinski definition) is 0. The third-order valence-corrected chi connectivity index (χ3v) is 3.34. The van der Waals surface area contributed by atoms with Gasteiger partial charge < -0.3 is 4.74 Å². The molecule has 0 unspecified atom stereocenters. The highest BCUT2D eigenvalue weighted by Crippen LogP contribution is 2.22. The van der Waals surface area contributed by atoms with Crippen LogP contribution in [0.3, 0.4) is 0 Å². The van der Waals surface area contributed by atoms with Crippen LogP contribution >= 0.6 is 27.3 Å². The fourth-order valence-electron chi connectivity index (χ4n) is 1.21. The van der Waals surface area contributed by atoms with Crippen molar-refractivity contribution in [3.8, 4) is 5.88 Å². The molecule has 0 atom stereocenters. The molecule has 0 amide bonds. The molecule has 78 valence electrons. The molecule has 0 aromatic carbocycles. The molecule has 0 radical (unpaired) electrons. The summed E-state index contributed by atoms with van der Waals surface area (Å²) in [5.41, 5.74) is 0.935. The third kappa shape index (κ3) is 2.54. The zero-order valence-electron chi connectivity index (χ0n) is 8.11. The molecule has 2 aromatic rings. The summed E-state index contributed by atoms with van der Waals surface area (Å²) in [6.45, 7) is 0. The van der Waals surface area contributed by atoms with Crippen molar-refractivity contribution < 1.29 is 4.74 Å². The Morgan fingerprint density at radius 2 is 2.33 bits per heavy atom. The molecule has 2 heterocycles. The average Bonchev–Trinajstić information content (AvgIpc) is 2.71. The van der Waals surface area contributed by atoms with E-state index >= 15 is 0 Å². The van der Waals surface area contributed by atoms with Crippen molar-refractivity contribution >= 4 is 27.3 Å². The molecule has 2 aromatic heterocycles.